The molecule has 2 aromatic heterocycles. The molecule has 1 atom stereocenters. The molecule has 5 heteroatoms. The first-order valence-corrected chi connectivity index (χ1v) is 4.57. The first kappa shape index (κ1) is 9.08. The molecule has 5 nitrogen and oxygen atoms in total. The van der Waals surface area contributed by atoms with Crippen LogP contribution in [0, 0.1) is 0 Å². The monoisotopic (exact) mass is 192 g/mol. The predicted molar refractivity (Wildman–Crippen MR) is 51.7 cm³/mol. The number of fused-ring (bicyclic) bond motifs is 1. The Morgan fingerprint density at radius 1 is 1.50 bits per heavy atom. The number of hydrogen-bond donors (Lipinski definition) is 0. The molecule has 2 aromatic rings. The highest BCUT2D eigenvalue weighted by Gasteiger charge is 2.09. The average molecular weight is 192 g/mol. The fourth-order valence-electron chi connectivity index (χ4n) is 1.37. The van der Waals surface area contributed by atoms with Crippen molar-refractivity contribution < 1.29 is 4.74 Å². The van der Waals surface area contributed by atoms with Gasteiger partial charge < -0.3 is 4.74 Å². The molecule has 0 aliphatic heterocycles. The second-order valence-electron chi connectivity index (χ2n) is 2.94. The van der Waals surface area contributed by atoms with Gasteiger partial charge in [0.15, 0.2) is 5.65 Å². The van der Waals surface area contributed by atoms with Crippen molar-refractivity contribution in [2.45, 2.75) is 20.1 Å². The van der Waals surface area contributed by atoms with E-state index in [9.17, 15) is 0 Å². The normalized spacial score (nSPS) is 13.3. The molecular weight excluding hydrogens is 180 g/mol. The third-order valence-corrected chi connectivity index (χ3v) is 2.04. The van der Waals surface area contributed by atoms with Gasteiger partial charge in [0, 0.05) is 6.61 Å². The summed E-state index contributed by atoms with van der Waals surface area (Å²) in [5.74, 6) is 0. The second kappa shape index (κ2) is 3.71. The van der Waals surface area contributed by atoms with Gasteiger partial charge in [-0.1, -0.05) is 0 Å². The Morgan fingerprint density at radius 3 is 3.14 bits per heavy atom. The molecule has 0 aromatic carbocycles. The second-order valence-corrected chi connectivity index (χ2v) is 2.94. The van der Waals surface area contributed by atoms with Crippen LogP contribution in [0.1, 0.15) is 20.1 Å². The summed E-state index contributed by atoms with van der Waals surface area (Å²) >= 11 is 0. The lowest BCUT2D eigenvalue weighted by atomic mass is 10.5. The Morgan fingerprint density at radius 2 is 2.36 bits per heavy atom. The van der Waals surface area contributed by atoms with E-state index >= 15 is 0 Å². The molecular formula is C9H12N4O. The molecule has 0 aliphatic carbocycles. The molecule has 0 radical (unpaired) electrons. The molecule has 0 spiro atoms. The molecule has 0 saturated heterocycles. The summed E-state index contributed by atoms with van der Waals surface area (Å²) in [7, 11) is 0. The minimum atomic E-state index is -0.0418. The van der Waals surface area contributed by atoms with Crippen LogP contribution in [0.25, 0.3) is 11.2 Å². The highest BCUT2D eigenvalue weighted by Crippen LogP contribution is 2.14. The van der Waals surface area contributed by atoms with Crippen LogP contribution in [0.4, 0.5) is 0 Å². The zero-order valence-electron chi connectivity index (χ0n) is 8.21. The molecule has 14 heavy (non-hydrogen) atoms. The Balaban J connectivity index is 2.42. The third-order valence-electron chi connectivity index (χ3n) is 2.04. The zero-order chi connectivity index (χ0) is 9.97. The maximum absolute atomic E-state index is 5.46. The highest BCUT2D eigenvalue weighted by molar-refractivity contribution is 5.68. The molecule has 2 rings (SSSR count). The lowest BCUT2D eigenvalue weighted by molar-refractivity contribution is 0.0272. The largest absolute Gasteiger partial charge is 0.359 e. The summed E-state index contributed by atoms with van der Waals surface area (Å²) in [6, 6.07) is 0. The van der Waals surface area contributed by atoms with Crippen molar-refractivity contribution in [3.8, 4) is 0 Å². The van der Waals surface area contributed by atoms with E-state index in [-0.39, 0.29) is 6.23 Å². The van der Waals surface area contributed by atoms with Crippen molar-refractivity contribution in [3.63, 3.8) is 0 Å². The highest BCUT2D eigenvalue weighted by atomic mass is 16.5. The van der Waals surface area contributed by atoms with Crippen LogP contribution >= 0.6 is 0 Å². The smallest absolute Gasteiger partial charge is 0.165 e. The van der Waals surface area contributed by atoms with Gasteiger partial charge in [-0.05, 0) is 13.8 Å². The summed E-state index contributed by atoms with van der Waals surface area (Å²) in [5.41, 5.74) is 1.60. The first-order valence-electron chi connectivity index (χ1n) is 4.57. The van der Waals surface area contributed by atoms with Gasteiger partial charge in [0.05, 0.1) is 12.5 Å². The number of hydrogen-bond acceptors (Lipinski definition) is 4. The van der Waals surface area contributed by atoms with Crippen LogP contribution in [0.15, 0.2) is 18.9 Å². The lowest BCUT2D eigenvalue weighted by Crippen LogP contribution is -2.08. The minimum Gasteiger partial charge on any atom is -0.359 e. The van der Waals surface area contributed by atoms with Crippen LogP contribution in [-0.2, 0) is 4.74 Å². The van der Waals surface area contributed by atoms with Crippen molar-refractivity contribution >= 4 is 11.2 Å². The number of rotatable bonds is 3. The van der Waals surface area contributed by atoms with Gasteiger partial charge in [-0.15, -0.1) is 0 Å². The number of aromatic nitrogens is 4. The fraction of sp³-hybridized carbons (Fsp3) is 0.444. The molecule has 0 saturated carbocycles. The average Bonchev–Trinajstić information content (AvgIpc) is 2.61. The van der Waals surface area contributed by atoms with E-state index in [4.69, 9.17) is 4.74 Å². The summed E-state index contributed by atoms with van der Waals surface area (Å²) in [6.45, 7) is 4.60. The predicted octanol–water partition coefficient (Wildman–Crippen LogP) is 1.38. The Kier molecular flexibility index (Phi) is 2.41. The molecule has 0 N–H and O–H groups in total. The van der Waals surface area contributed by atoms with E-state index in [0.717, 1.165) is 11.2 Å². The van der Waals surface area contributed by atoms with Crippen molar-refractivity contribution in [2.24, 2.45) is 0 Å². The van der Waals surface area contributed by atoms with Gasteiger partial charge in [0.2, 0.25) is 0 Å². The summed E-state index contributed by atoms with van der Waals surface area (Å²) in [4.78, 5) is 12.2. The zero-order valence-corrected chi connectivity index (χ0v) is 8.21. The Bertz CT molecular complexity index is 425. The Hall–Kier alpha value is -1.49. The molecule has 2 heterocycles. The number of nitrogens with zero attached hydrogens (tertiary/aromatic N) is 4. The van der Waals surface area contributed by atoms with Gasteiger partial charge in [-0.25, -0.2) is 15.0 Å². The molecule has 0 amide bonds. The van der Waals surface area contributed by atoms with E-state index < -0.39 is 0 Å². The van der Waals surface area contributed by atoms with E-state index in [1.165, 1.54) is 6.33 Å². The Labute approximate surface area is 81.8 Å². The maximum atomic E-state index is 5.46. The van der Waals surface area contributed by atoms with Gasteiger partial charge in [0.1, 0.15) is 18.1 Å². The van der Waals surface area contributed by atoms with E-state index in [1.54, 1.807) is 12.5 Å². The van der Waals surface area contributed by atoms with Crippen LogP contribution < -0.4 is 0 Å². The molecule has 1 unspecified atom stereocenters. The van der Waals surface area contributed by atoms with Crippen molar-refractivity contribution in [2.75, 3.05) is 6.61 Å². The van der Waals surface area contributed by atoms with Gasteiger partial charge in [0.25, 0.3) is 0 Å². The maximum Gasteiger partial charge on any atom is 0.165 e. The first-order chi connectivity index (χ1) is 6.83. The lowest BCUT2D eigenvalue weighted by Gasteiger charge is -2.12. The summed E-state index contributed by atoms with van der Waals surface area (Å²) < 4.78 is 7.35. The van der Waals surface area contributed by atoms with Crippen LogP contribution in [0.5, 0.6) is 0 Å². The van der Waals surface area contributed by atoms with Crippen molar-refractivity contribution in [1.82, 2.24) is 19.5 Å². The standard InChI is InChI=1S/C9H12N4O/c1-3-14-7(2)13-6-12-8-4-10-5-11-9(8)13/h4-7H,3H2,1-2H3. The third kappa shape index (κ3) is 1.46. The van der Waals surface area contributed by atoms with E-state index in [2.05, 4.69) is 15.0 Å². The fourth-order valence-corrected chi connectivity index (χ4v) is 1.37. The summed E-state index contributed by atoms with van der Waals surface area (Å²) in [5, 5.41) is 0. The molecule has 74 valence electrons. The van der Waals surface area contributed by atoms with Gasteiger partial charge in [-0.3, -0.25) is 4.57 Å². The quantitative estimate of drug-likeness (QED) is 0.737. The van der Waals surface area contributed by atoms with Gasteiger partial charge >= 0.3 is 0 Å². The topological polar surface area (TPSA) is 52.8 Å². The summed E-state index contributed by atoms with van der Waals surface area (Å²) in [6.07, 6.45) is 4.89. The SMILES string of the molecule is CCOC(C)n1cnc2cncnc21. The number of ether oxygens (including phenoxy) is 1. The van der Waals surface area contributed by atoms with Crippen LogP contribution in [0.3, 0.4) is 0 Å². The van der Waals surface area contributed by atoms with Crippen LogP contribution in [-0.4, -0.2) is 26.1 Å². The molecule has 0 fully saturated rings. The van der Waals surface area contributed by atoms with Gasteiger partial charge in [-0.2, -0.15) is 0 Å². The van der Waals surface area contributed by atoms with Crippen LogP contribution in [0.2, 0.25) is 0 Å². The molecule has 0 bridgehead atoms. The molecule has 0 aliphatic rings. The van der Waals surface area contributed by atoms with Crippen molar-refractivity contribution in [3.05, 3.63) is 18.9 Å². The minimum absolute atomic E-state index is 0.0418. The number of imidazole rings is 1. The van der Waals surface area contributed by atoms with E-state index in [1.807, 2.05) is 18.4 Å². The van der Waals surface area contributed by atoms with E-state index in [0.29, 0.717) is 6.61 Å². The van der Waals surface area contributed by atoms with Crippen molar-refractivity contribution in [1.29, 1.82) is 0 Å².